The number of amides is 2. The van der Waals surface area contributed by atoms with Gasteiger partial charge in [0.05, 0.1) is 0 Å². The van der Waals surface area contributed by atoms with E-state index in [0.29, 0.717) is 18.2 Å². The van der Waals surface area contributed by atoms with Crippen molar-refractivity contribution < 1.29 is 32.7 Å². The Balaban J connectivity index is 0.000000405. The number of rotatable bonds is 4. The van der Waals surface area contributed by atoms with E-state index in [1.165, 1.54) is 11.1 Å². The van der Waals surface area contributed by atoms with E-state index < -0.39 is 12.1 Å². The number of aromatic nitrogens is 1. The zero-order chi connectivity index (χ0) is 26.8. The number of aryl methyl sites for hydroxylation is 1. The highest BCUT2D eigenvalue weighted by atomic mass is 19.4. The summed E-state index contributed by atoms with van der Waals surface area (Å²) >= 11 is 0. The van der Waals surface area contributed by atoms with Gasteiger partial charge >= 0.3 is 12.1 Å². The maximum Gasteiger partial charge on any atom is 0.490 e. The van der Waals surface area contributed by atoms with Crippen molar-refractivity contribution in [3.05, 3.63) is 65.0 Å². The van der Waals surface area contributed by atoms with Crippen LogP contribution in [0.4, 0.5) is 13.2 Å². The summed E-state index contributed by atoms with van der Waals surface area (Å²) in [4.78, 5) is 40.7. The lowest BCUT2D eigenvalue weighted by molar-refractivity contribution is -0.192. The van der Waals surface area contributed by atoms with Crippen LogP contribution in [0.25, 0.3) is 0 Å². The van der Waals surface area contributed by atoms with Crippen molar-refractivity contribution in [2.45, 2.75) is 69.0 Å². The number of likely N-dealkylation sites (tertiary alicyclic amines) is 1. The van der Waals surface area contributed by atoms with Crippen LogP contribution in [0.5, 0.6) is 0 Å². The molecule has 1 saturated heterocycles. The molecule has 0 bridgehead atoms. The number of carbonyl (C=O) groups excluding carboxylic acids is 2. The van der Waals surface area contributed by atoms with Crippen molar-refractivity contribution in [1.82, 2.24) is 15.2 Å². The van der Waals surface area contributed by atoms with Gasteiger partial charge in [-0.25, -0.2) is 9.78 Å². The van der Waals surface area contributed by atoms with Crippen LogP contribution in [0, 0.1) is 6.92 Å². The Morgan fingerprint density at radius 2 is 1.73 bits per heavy atom. The molecule has 198 valence electrons. The zero-order valence-corrected chi connectivity index (χ0v) is 20.6. The topological polar surface area (TPSA) is 99.6 Å². The average molecular weight is 518 g/mol. The first kappa shape index (κ1) is 26.6. The van der Waals surface area contributed by atoms with Gasteiger partial charge in [0.2, 0.25) is 5.91 Å². The summed E-state index contributed by atoms with van der Waals surface area (Å²) in [5.74, 6) is -2.26. The summed E-state index contributed by atoms with van der Waals surface area (Å²) in [6.07, 6.45) is 0.637. The van der Waals surface area contributed by atoms with Gasteiger partial charge < -0.3 is 15.3 Å². The Hall–Kier alpha value is -3.43. The van der Waals surface area contributed by atoms with Gasteiger partial charge in [-0.1, -0.05) is 30.3 Å². The molecule has 1 unspecified atom stereocenters. The van der Waals surface area contributed by atoms with Gasteiger partial charge in [0, 0.05) is 31.2 Å². The fraction of sp³-hybridized carbons (Fsp3) is 0.481. The quantitative estimate of drug-likeness (QED) is 0.628. The van der Waals surface area contributed by atoms with Gasteiger partial charge in [-0.05, 0) is 73.6 Å². The molecule has 5 rings (SSSR count). The van der Waals surface area contributed by atoms with Crippen LogP contribution < -0.4 is 5.32 Å². The molecule has 2 fully saturated rings. The largest absolute Gasteiger partial charge is 0.490 e. The molecular weight excluding hydrogens is 487 g/mol. The van der Waals surface area contributed by atoms with Crippen LogP contribution in [-0.2, 0) is 15.0 Å². The Morgan fingerprint density at radius 3 is 2.32 bits per heavy atom. The Bertz CT molecular complexity index is 1170. The van der Waals surface area contributed by atoms with Crippen molar-refractivity contribution in [3.63, 3.8) is 0 Å². The Labute approximate surface area is 213 Å². The smallest absolute Gasteiger partial charge is 0.475 e. The van der Waals surface area contributed by atoms with Crippen molar-refractivity contribution in [2.75, 3.05) is 13.1 Å². The van der Waals surface area contributed by atoms with Crippen LogP contribution in [0.1, 0.15) is 71.8 Å². The highest BCUT2D eigenvalue weighted by Gasteiger charge is 2.46. The summed E-state index contributed by atoms with van der Waals surface area (Å²) in [7, 11) is 0. The van der Waals surface area contributed by atoms with Crippen LogP contribution in [-0.4, -0.2) is 58.1 Å². The second-order valence-corrected chi connectivity index (χ2v) is 10.1. The molecule has 3 aliphatic rings. The summed E-state index contributed by atoms with van der Waals surface area (Å²) in [6, 6.07) is 14.7. The van der Waals surface area contributed by atoms with Crippen molar-refractivity contribution in [1.29, 1.82) is 0 Å². The van der Waals surface area contributed by atoms with Gasteiger partial charge in [-0.2, -0.15) is 13.2 Å². The van der Waals surface area contributed by atoms with E-state index in [1.54, 1.807) is 6.07 Å². The number of fused-ring (bicyclic) bond motifs is 2. The van der Waals surface area contributed by atoms with E-state index >= 15 is 0 Å². The number of pyridine rings is 1. The summed E-state index contributed by atoms with van der Waals surface area (Å²) < 4.78 is 31.7. The molecule has 0 radical (unpaired) electrons. The molecule has 1 aromatic carbocycles. The molecule has 37 heavy (non-hydrogen) atoms. The summed E-state index contributed by atoms with van der Waals surface area (Å²) in [5.41, 5.74) is 4.22. The van der Waals surface area contributed by atoms with Crippen LogP contribution >= 0.6 is 0 Å². The van der Waals surface area contributed by atoms with E-state index in [4.69, 9.17) is 9.90 Å². The predicted octanol–water partition coefficient (Wildman–Crippen LogP) is 4.35. The van der Waals surface area contributed by atoms with Gasteiger partial charge in [-0.15, -0.1) is 0 Å². The molecule has 2 heterocycles. The lowest BCUT2D eigenvalue weighted by Gasteiger charge is -2.40. The number of aliphatic carboxylic acids is 1. The highest BCUT2D eigenvalue weighted by Crippen LogP contribution is 2.52. The zero-order valence-electron chi connectivity index (χ0n) is 20.6. The van der Waals surface area contributed by atoms with Gasteiger partial charge in [0.1, 0.15) is 5.69 Å². The van der Waals surface area contributed by atoms with E-state index in [2.05, 4.69) is 34.6 Å². The predicted molar refractivity (Wildman–Crippen MR) is 129 cm³/mol. The molecule has 2 N–H and O–H groups in total. The standard InChI is InChI=1S/C25H29N3O2.C2HF3O2/c1-17-5-4-8-22(26-17)24(30)28-13-11-25(12-14-28)16-18(15-23(29)27-19-9-10-19)20-6-2-3-7-21(20)25;3-2(4,5)1(6)7/h2-8,18-19H,9-16H2,1H3,(H,27,29);(H,6,7). The highest BCUT2D eigenvalue weighted by molar-refractivity contribution is 5.92. The molecule has 1 aliphatic heterocycles. The lowest BCUT2D eigenvalue weighted by Crippen LogP contribution is -2.44. The molecule has 1 aromatic heterocycles. The number of carbonyl (C=O) groups is 3. The normalized spacial score (nSPS) is 20.0. The third kappa shape index (κ3) is 6.29. The van der Waals surface area contributed by atoms with Crippen LogP contribution in [0.2, 0.25) is 0 Å². The molecule has 7 nitrogen and oxygen atoms in total. The van der Waals surface area contributed by atoms with Crippen LogP contribution in [0.15, 0.2) is 42.5 Å². The number of nitrogens with zero attached hydrogens (tertiary/aromatic N) is 2. The average Bonchev–Trinajstić information content (AvgIpc) is 3.62. The number of halogens is 3. The molecule has 2 aliphatic carbocycles. The van der Waals surface area contributed by atoms with E-state index in [1.807, 2.05) is 24.0 Å². The second kappa shape index (κ2) is 10.5. The van der Waals surface area contributed by atoms with E-state index in [-0.39, 0.29) is 23.1 Å². The van der Waals surface area contributed by atoms with Gasteiger partial charge in [-0.3, -0.25) is 9.59 Å². The monoisotopic (exact) mass is 517 g/mol. The second-order valence-electron chi connectivity index (χ2n) is 10.1. The SMILES string of the molecule is Cc1cccc(C(=O)N2CCC3(CC2)CC(CC(=O)NC2CC2)c2ccccc23)n1.O=C(O)C(F)(F)F. The number of nitrogens with one attached hydrogen (secondary N) is 1. The number of hydrogen-bond donors (Lipinski definition) is 2. The Morgan fingerprint density at radius 1 is 1.08 bits per heavy atom. The van der Waals surface area contributed by atoms with Crippen LogP contribution in [0.3, 0.4) is 0 Å². The third-order valence-corrected chi connectivity index (χ3v) is 7.34. The summed E-state index contributed by atoms with van der Waals surface area (Å²) in [5, 5.41) is 10.3. The third-order valence-electron chi connectivity index (χ3n) is 7.34. The van der Waals surface area contributed by atoms with Gasteiger partial charge in [0.25, 0.3) is 5.91 Å². The fourth-order valence-electron chi connectivity index (χ4n) is 5.38. The maximum absolute atomic E-state index is 12.9. The van der Waals surface area contributed by atoms with Gasteiger partial charge in [0.15, 0.2) is 0 Å². The molecule has 10 heteroatoms. The number of piperidine rings is 1. The first-order valence-electron chi connectivity index (χ1n) is 12.4. The molecular formula is C27H30F3N3O4. The van der Waals surface area contributed by atoms with E-state index in [9.17, 15) is 22.8 Å². The Kier molecular flexibility index (Phi) is 7.57. The molecule has 1 saturated carbocycles. The minimum atomic E-state index is -5.08. The minimum absolute atomic E-state index is 0.0280. The molecule has 2 amide bonds. The summed E-state index contributed by atoms with van der Waals surface area (Å²) in [6.45, 7) is 3.39. The van der Waals surface area contributed by atoms with E-state index in [0.717, 1.165) is 50.9 Å². The lowest BCUT2D eigenvalue weighted by atomic mass is 9.73. The number of alkyl halides is 3. The fourth-order valence-corrected chi connectivity index (χ4v) is 5.38. The molecule has 1 spiro atoms. The molecule has 1 atom stereocenters. The number of hydrogen-bond acceptors (Lipinski definition) is 4. The molecule has 2 aromatic rings. The minimum Gasteiger partial charge on any atom is -0.475 e. The maximum atomic E-state index is 12.9. The number of carboxylic acid groups (broad SMARTS) is 1. The van der Waals surface area contributed by atoms with Crippen molar-refractivity contribution in [3.8, 4) is 0 Å². The number of benzene rings is 1. The van der Waals surface area contributed by atoms with Crippen molar-refractivity contribution in [2.24, 2.45) is 0 Å². The van der Waals surface area contributed by atoms with Crippen molar-refractivity contribution >= 4 is 17.8 Å². The first-order valence-corrected chi connectivity index (χ1v) is 12.4. The first-order chi connectivity index (χ1) is 17.5. The number of carboxylic acids is 1.